The second-order valence-corrected chi connectivity index (χ2v) is 6.92. The zero-order chi connectivity index (χ0) is 18.7. The van der Waals surface area contributed by atoms with Crippen LogP contribution >= 0.6 is 23.4 Å². The number of amides is 2. The van der Waals surface area contributed by atoms with Gasteiger partial charge in [-0.1, -0.05) is 41.9 Å². The fourth-order valence-corrected chi connectivity index (χ4v) is 3.42. The van der Waals surface area contributed by atoms with E-state index < -0.39 is 5.97 Å². The van der Waals surface area contributed by atoms with Gasteiger partial charge in [0.1, 0.15) is 5.75 Å². The number of hydrogen-bond donors (Lipinski definition) is 0. The van der Waals surface area contributed by atoms with Crippen LogP contribution in [0, 0.1) is 0 Å². The van der Waals surface area contributed by atoms with Crippen LogP contribution in [-0.2, 0) is 16.1 Å². The lowest BCUT2D eigenvalue weighted by atomic mass is 10.2. The third kappa shape index (κ3) is 4.15. The van der Waals surface area contributed by atoms with E-state index in [-0.39, 0.29) is 17.7 Å². The summed E-state index contributed by atoms with van der Waals surface area (Å²) in [5, 5.41) is 0.175. The first-order valence-electron chi connectivity index (χ1n) is 7.71. The summed E-state index contributed by atoms with van der Waals surface area (Å²) in [6, 6.07) is 13.8. The molecule has 1 aliphatic rings. The Morgan fingerprint density at radius 1 is 1.15 bits per heavy atom. The molecule has 2 aromatic rings. The summed E-state index contributed by atoms with van der Waals surface area (Å²) in [6.07, 6.45) is 1.63. The number of esters is 1. The number of carbonyl (C=O) groups is 3. The van der Waals surface area contributed by atoms with Crippen molar-refractivity contribution in [3.8, 4) is 5.75 Å². The Hall–Kier alpha value is -2.57. The second-order valence-electron chi connectivity index (χ2n) is 5.52. The average molecular weight is 388 g/mol. The monoisotopic (exact) mass is 387 g/mol. The quantitative estimate of drug-likeness (QED) is 0.439. The summed E-state index contributed by atoms with van der Waals surface area (Å²) < 4.78 is 4.97. The van der Waals surface area contributed by atoms with Crippen molar-refractivity contribution in [3.63, 3.8) is 0 Å². The first kappa shape index (κ1) is 18.2. The third-order valence-electron chi connectivity index (χ3n) is 3.60. The van der Waals surface area contributed by atoms with E-state index in [1.54, 1.807) is 54.6 Å². The van der Waals surface area contributed by atoms with E-state index in [4.69, 9.17) is 16.3 Å². The summed E-state index contributed by atoms with van der Waals surface area (Å²) in [6.45, 7) is 1.45. The van der Waals surface area contributed by atoms with Crippen molar-refractivity contribution in [2.24, 2.45) is 0 Å². The first-order valence-corrected chi connectivity index (χ1v) is 8.91. The highest BCUT2D eigenvalue weighted by atomic mass is 35.5. The highest BCUT2D eigenvalue weighted by molar-refractivity contribution is 8.18. The number of imide groups is 1. The average Bonchev–Trinajstić information content (AvgIpc) is 2.85. The molecule has 0 bridgehead atoms. The van der Waals surface area contributed by atoms with Crippen LogP contribution in [0.25, 0.3) is 6.08 Å². The van der Waals surface area contributed by atoms with E-state index in [0.717, 1.165) is 17.3 Å². The molecule has 5 nitrogen and oxygen atoms in total. The molecule has 0 unspecified atom stereocenters. The summed E-state index contributed by atoms with van der Waals surface area (Å²) in [5.74, 6) is -0.344. The van der Waals surface area contributed by atoms with Crippen molar-refractivity contribution in [2.45, 2.75) is 13.5 Å². The van der Waals surface area contributed by atoms with Crippen molar-refractivity contribution in [3.05, 3.63) is 69.6 Å². The van der Waals surface area contributed by atoms with Crippen molar-refractivity contribution in [1.29, 1.82) is 0 Å². The Kier molecular flexibility index (Phi) is 5.44. The van der Waals surface area contributed by atoms with E-state index in [9.17, 15) is 14.4 Å². The first-order chi connectivity index (χ1) is 12.4. The van der Waals surface area contributed by atoms with E-state index in [1.165, 1.54) is 11.8 Å². The van der Waals surface area contributed by atoms with E-state index >= 15 is 0 Å². The summed E-state index contributed by atoms with van der Waals surface area (Å²) >= 11 is 7.00. The molecular formula is C19H14ClNO4S. The van der Waals surface area contributed by atoms with Gasteiger partial charge in [-0.3, -0.25) is 19.3 Å². The largest absolute Gasteiger partial charge is 0.427 e. The summed E-state index contributed by atoms with van der Waals surface area (Å²) in [4.78, 5) is 37.2. The van der Waals surface area contributed by atoms with Crippen LogP contribution in [0.1, 0.15) is 18.1 Å². The Bertz CT molecular complexity index is 908. The third-order valence-corrected chi connectivity index (χ3v) is 4.88. The molecule has 1 fully saturated rings. The number of ether oxygens (including phenoxy) is 1. The molecule has 0 N–H and O–H groups in total. The number of carbonyl (C=O) groups excluding carboxylic acids is 3. The van der Waals surface area contributed by atoms with Gasteiger partial charge in [-0.2, -0.15) is 0 Å². The van der Waals surface area contributed by atoms with Gasteiger partial charge in [-0.25, -0.2) is 0 Å². The molecule has 3 rings (SSSR count). The number of hydrogen-bond acceptors (Lipinski definition) is 5. The van der Waals surface area contributed by atoms with Gasteiger partial charge in [0.2, 0.25) is 0 Å². The maximum Gasteiger partial charge on any atom is 0.308 e. The molecule has 0 spiro atoms. The Balaban J connectivity index is 1.76. The lowest BCUT2D eigenvalue weighted by Crippen LogP contribution is -2.27. The molecule has 0 aromatic heterocycles. The van der Waals surface area contributed by atoms with Gasteiger partial charge >= 0.3 is 5.97 Å². The molecule has 1 heterocycles. The topological polar surface area (TPSA) is 63.7 Å². The number of nitrogens with zero attached hydrogens (tertiary/aromatic N) is 1. The van der Waals surface area contributed by atoms with Crippen LogP contribution in [-0.4, -0.2) is 22.0 Å². The second kappa shape index (κ2) is 7.76. The van der Waals surface area contributed by atoms with Crippen molar-refractivity contribution < 1.29 is 19.1 Å². The van der Waals surface area contributed by atoms with E-state index in [1.807, 2.05) is 0 Å². The number of halogens is 1. The molecule has 0 radical (unpaired) electrons. The van der Waals surface area contributed by atoms with E-state index in [2.05, 4.69) is 0 Å². The SMILES string of the molecule is CC(=O)Oc1ccc(C=C2SC(=O)N(Cc3ccccc3Cl)C2=O)cc1. The fraction of sp³-hybridized carbons (Fsp3) is 0.105. The van der Waals surface area contributed by atoms with Crippen molar-refractivity contribution in [1.82, 2.24) is 4.90 Å². The molecule has 0 atom stereocenters. The van der Waals surface area contributed by atoms with Crippen LogP contribution in [0.2, 0.25) is 5.02 Å². The molecule has 0 saturated carbocycles. The fourth-order valence-electron chi connectivity index (χ4n) is 2.38. The maximum absolute atomic E-state index is 12.6. The van der Waals surface area contributed by atoms with Gasteiger partial charge in [0.15, 0.2) is 0 Å². The smallest absolute Gasteiger partial charge is 0.308 e. The predicted molar refractivity (Wildman–Crippen MR) is 101 cm³/mol. The minimum absolute atomic E-state index is 0.132. The molecule has 7 heteroatoms. The Morgan fingerprint density at radius 3 is 2.50 bits per heavy atom. The van der Waals surface area contributed by atoms with E-state index in [0.29, 0.717) is 21.2 Å². The van der Waals surface area contributed by atoms with Gasteiger partial charge in [0.05, 0.1) is 11.4 Å². The minimum Gasteiger partial charge on any atom is -0.427 e. The minimum atomic E-state index is -0.404. The lowest BCUT2D eigenvalue weighted by Gasteiger charge is -2.13. The molecule has 1 saturated heterocycles. The number of benzene rings is 2. The van der Waals surface area contributed by atoms with Crippen LogP contribution in [0.3, 0.4) is 0 Å². The van der Waals surface area contributed by atoms with Crippen molar-refractivity contribution >= 4 is 46.6 Å². The highest BCUT2D eigenvalue weighted by Crippen LogP contribution is 2.34. The van der Waals surface area contributed by atoms with Crippen LogP contribution < -0.4 is 4.74 Å². The molecule has 1 aliphatic heterocycles. The molecule has 2 aromatic carbocycles. The van der Waals surface area contributed by atoms with Crippen molar-refractivity contribution in [2.75, 3.05) is 0 Å². The van der Waals surface area contributed by atoms with Crippen LogP contribution in [0.4, 0.5) is 4.79 Å². The summed E-state index contributed by atoms with van der Waals surface area (Å²) in [7, 11) is 0. The normalized spacial score (nSPS) is 15.6. The number of thioether (sulfide) groups is 1. The van der Waals surface area contributed by atoms with Gasteiger partial charge in [0.25, 0.3) is 11.1 Å². The predicted octanol–water partition coefficient (Wildman–Crippen LogP) is 4.50. The Morgan fingerprint density at radius 2 is 1.85 bits per heavy atom. The molecular weight excluding hydrogens is 374 g/mol. The van der Waals surface area contributed by atoms with Crippen LogP contribution in [0.5, 0.6) is 5.75 Å². The molecule has 2 amide bonds. The molecule has 26 heavy (non-hydrogen) atoms. The summed E-state index contributed by atoms with van der Waals surface area (Å²) in [5.41, 5.74) is 1.44. The zero-order valence-corrected chi connectivity index (χ0v) is 15.3. The highest BCUT2D eigenvalue weighted by Gasteiger charge is 2.35. The molecule has 132 valence electrons. The lowest BCUT2D eigenvalue weighted by molar-refractivity contribution is -0.131. The van der Waals surface area contributed by atoms with Gasteiger partial charge in [-0.15, -0.1) is 0 Å². The van der Waals surface area contributed by atoms with Gasteiger partial charge < -0.3 is 4.74 Å². The number of rotatable bonds is 4. The van der Waals surface area contributed by atoms with Gasteiger partial charge in [-0.05, 0) is 47.2 Å². The zero-order valence-electron chi connectivity index (χ0n) is 13.8. The molecule has 0 aliphatic carbocycles. The standard InChI is InChI=1S/C19H14ClNO4S/c1-12(22)25-15-8-6-13(7-9-15)10-17-18(23)21(19(24)26-17)11-14-4-2-3-5-16(14)20/h2-10H,11H2,1H3. The van der Waals surface area contributed by atoms with Crippen LogP contribution in [0.15, 0.2) is 53.4 Å². The van der Waals surface area contributed by atoms with Gasteiger partial charge in [0, 0.05) is 11.9 Å². The Labute approximate surface area is 159 Å². The maximum atomic E-state index is 12.6.